The van der Waals surface area contributed by atoms with Gasteiger partial charge < -0.3 is 20.1 Å². The van der Waals surface area contributed by atoms with Crippen LogP contribution >= 0.6 is 23.5 Å². The maximum Gasteiger partial charge on any atom is 0.309 e. The average Bonchev–Trinajstić information content (AvgIpc) is 3.60. The van der Waals surface area contributed by atoms with Crippen molar-refractivity contribution in [2.75, 3.05) is 24.7 Å². The van der Waals surface area contributed by atoms with Crippen LogP contribution in [-0.4, -0.2) is 86.2 Å². The number of hydrogen-bond acceptors (Lipinski definition) is 10. The molecular formula is C30H46N2O6S2. The summed E-state index contributed by atoms with van der Waals surface area (Å²) in [7, 11) is 0. The van der Waals surface area contributed by atoms with E-state index in [1.807, 2.05) is 19.9 Å². The molecule has 8 nitrogen and oxygen atoms in total. The number of aliphatic hydroxyl groups is 3. The molecule has 0 radical (unpaired) electrons. The number of carbonyl (C=O) groups is 2. The number of esters is 1. The zero-order valence-corrected chi connectivity index (χ0v) is 26.1. The maximum absolute atomic E-state index is 13.4. The molecule has 3 rings (SSSR count). The summed E-state index contributed by atoms with van der Waals surface area (Å²) in [5.74, 6) is 0.119. The molecule has 3 aliphatic rings. The molecule has 0 bridgehead atoms. The van der Waals surface area contributed by atoms with E-state index in [1.54, 1.807) is 32.5 Å². The molecule has 0 saturated carbocycles. The van der Waals surface area contributed by atoms with Crippen LogP contribution in [-0.2, 0) is 14.3 Å². The number of ketones is 1. The van der Waals surface area contributed by atoms with Gasteiger partial charge in [-0.2, -0.15) is 0 Å². The molecule has 3 N–H and O–H groups in total. The van der Waals surface area contributed by atoms with Crippen LogP contribution in [0, 0.1) is 17.3 Å². The molecular weight excluding hydrogens is 548 g/mol. The second-order valence-corrected chi connectivity index (χ2v) is 14.1. The van der Waals surface area contributed by atoms with Crippen LogP contribution in [0.4, 0.5) is 0 Å². The highest BCUT2D eigenvalue weighted by Crippen LogP contribution is 2.33. The zero-order chi connectivity index (χ0) is 29.4. The van der Waals surface area contributed by atoms with Crippen molar-refractivity contribution in [2.24, 2.45) is 27.2 Å². The number of nitrogens with zero attached hydrogens (tertiary/aromatic N) is 2. The van der Waals surface area contributed by atoms with Crippen molar-refractivity contribution >= 4 is 45.4 Å². The minimum absolute atomic E-state index is 0.0822. The highest BCUT2D eigenvalue weighted by Gasteiger charge is 2.42. The molecule has 0 amide bonds. The van der Waals surface area contributed by atoms with Crippen molar-refractivity contribution in [3.63, 3.8) is 0 Å². The molecule has 3 aliphatic heterocycles. The van der Waals surface area contributed by atoms with Gasteiger partial charge in [-0.1, -0.05) is 45.4 Å². The van der Waals surface area contributed by atoms with Crippen molar-refractivity contribution in [1.29, 1.82) is 0 Å². The summed E-state index contributed by atoms with van der Waals surface area (Å²) in [5, 5.41) is 33.2. The second kappa shape index (κ2) is 15.1. The number of aliphatic hydroxyl groups excluding tert-OH is 3. The predicted octanol–water partition coefficient (Wildman–Crippen LogP) is 4.37. The molecule has 0 fully saturated rings. The highest BCUT2D eigenvalue weighted by atomic mass is 32.2. The third-order valence-electron chi connectivity index (χ3n) is 8.24. The lowest BCUT2D eigenvalue weighted by atomic mass is 9.73. The molecule has 0 spiro atoms. The molecule has 224 valence electrons. The van der Waals surface area contributed by atoms with Crippen LogP contribution in [0.25, 0.3) is 0 Å². The highest BCUT2D eigenvalue weighted by molar-refractivity contribution is 8.14. The fraction of sp³-hybridized carbons (Fsp3) is 0.733. The largest absolute Gasteiger partial charge is 0.457 e. The first kappa shape index (κ1) is 33.0. The summed E-state index contributed by atoms with van der Waals surface area (Å²) >= 11 is 3.30. The monoisotopic (exact) mass is 594 g/mol. The van der Waals surface area contributed by atoms with E-state index < -0.39 is 35.6 Å². The lowest BCUT2D eigenvalue weighted by Crippen LogP contribution is -2.45. The molecule has 0 aromatic rings. The van der Waals surface area contributed by atoms with Gasteiger partial charge in [0.15, 0.2) is 0 Å². The van der Waals surface area contributed by atoms with Crippen molar-refractivity contribution in [2.45, 2.75) is 97.5 Å². The van der Waals surface area contributed by atoms with Gasteiger partial charge in [0.2, 0.25) is 0 Å². The Morgan fingerprint density at radius 3 is 2.60 bits per heavy atom. The Labute approximate surface area is 247 Å². The Morgan fingerprint density at radius 1 is 1.20 bits per heavy atom. The zero-order valence-electron chi connectivity index (χ0n) is 24.5. The standard InChI is InChI=1S/C30H46N2O6S2/c1-18-7-6-8-21(14-25-31-11-12-39-25)9-10-23(19(2)13-22-17-40-26(16-33)32-22)38-27(35)15-24(34)30(4,5)29(37)20(3)28(18)36/h9,13,18,20,22-24,28,33-34,36H,6-8,10-12,14-17H2,1-5H3/b19-13+,21-9+/t18?,20-,22?,23+,24+,28?/m1/s1. The number of thioether (sulfide) groups is 2. The number of allylic oxidation sites excluding steroid dienone is 1. The van der Waals surface area contributed by atoms with Gasteiger partial charge in [0, 0.05) is 36.8 Å². The molecule has 40 heavy (non-hydrogen) atoms. The van der Waals surface area contributed by atoms with E-state index in [9.17, 15) is 24.9 Å². The second-order valence-electron chi connectivity index (χ2n) is 11.8. The van der Waals surface area contributed by atoms with Crippen molar-refractivity contribution in [3.8, 4) is 0 Å². The molecule has 0 aromatic carbocycles. The number of cyclic esters (lactones) is 1. The smallest absolute Gasteiger partial charge is 0.309 e. The van der Waals surface area contributed by atoms with Gasteiger partial charge in [-0.3, -0.25) is 19.6 Å². The number of carbonyl (C=O) groups excluding carboxylic acids is 2. The van der Waals surface area contributed by atoms with Crippen LogP contribution < -0.4 is 0 Å². The van der Waals surface area contributed by atoms with Gasteiger partial charge in [0.25, 0.3) is 0 Å². The number of aliphatic imine (C=N–C) groups is 2. The van der Waals surface area contributed by atoms with Crippen LogP contribution in [0.2, 0.25) is 0 Å². The Bertz CT molecular complexity index is 1040. The van der Waals surface area contributed by atoms with Crippen molar-refractivity contribution in [1.82, 2.24) is 0 Å². The molecule has 3 unspecified atom stereocenters. The SMILES string of the molecule is C/C(=C\C1CSC(CO)=N1)[C@@H]1C/C=C(/CC2=NCCS2)CCCC(C)C(O)[C@@H](C)C(=O)C(C)(C)[C@@H](O)CC(=O)O1. The predicted molar refractivity (Wildman–Crippen MR) is 164 cm³/mol. The van der Waals surface area contributed by atoms with Crippen LogP contribution in [0.15, 0.2) is 33.3 Å². The van der Waals surface area contributed by atoms with Gasteiger partial charge in [0.05, 0.1) is 46.8 Å². The summed E-state index contributed by atoms with van der Waals surface area (Å²) in [6.07, 6.45) is 4.88. The molecule has 10 heteroatoms. The van der Waals surface area contributed by atoms with E-state index >= 15 is 0 Å². The summed E-state index contributed by atoms with van der Waals surface area (Å²) in [6.45, 7) is 9.60. The Hall–Kier alpha value is -1.46. The van der Waals surface area contributed by atoms with Crippen molar-refractivity contribution < 1.29 is 29.6 Å². The van der Waals surface area contributed by atoms with E-state index in [0.717, 1.165) is 54.4 Å². The van der Waals surface area contributed by atoms with E-state index in [-0.39, 0.29) is 30.8 Å². The normalized spacial score (nSPS) is 34.6. The Balaban J connectivity index is 1.91. The Kier molecular flexibility index (Phi) is 12.5. The van der Waals surface area contributed by atoms with Gasteiger partial charge in [0.1, 0.15) is 11.9 Å². The van der Waals surface area contributed by atoms with Gasteiger partial charge in [-0.05, 0) is 37.7 Å². The first-order valence-electron chi connectivity index (χ1n) is 14.3. The van der Waals surface area contributed by atoms with Crippen LogP contribution in [0.5, 0.6) is 0 Å². The molecule has 6 atom stereocenters. The lowest BCUT2D eigenvalue weighted by molar-refractivity contribution is -0.154. The third kappa shape index (κ3) is 9.02. The number of rotatable bonds is 5. The molecule has 3 heterocycles. The first-order chi connectivity index (χ1) is 18.9. The fourth-order valence-corrected chi connectivity index (χ4v) is 7.13. The topological polar surface area (TPSA) is 129 Å². The maximum atomic E-state index is 13.4. The van der Waals surface area contributed by atoms with Crippen LogP contribution in [0.3, 0.4) is 0 Å². The van der Waals surface area contributed by atoms with Gasteiger partial charge in [-0.15, -0.1) is 23.5 Å². The van der Waals surface area contributed by atoms with Crippen molar-refractivity contribution in [3.05, 3.63) is 23.3 Å². The summed E-state index contributed by atoms with van der Waals surface area (Å²) < 4.78 is 5.95. The molecule has 0 aromatic heterocycles. The quantitative estimate of drug-likeness (QED) is 0.316. The van der Waals surface area contributed by atoms with E-state index in [4.69, 9.17) is 4.74 Å². The average molecular weight is 595 g/mol. The minimum atomic E-state index is -1.25. The summed E-state index contributed by atoms with van der Waals surface area (Å²) in [6, 6.07) is -0.101. The van der Waals surface area contributed by atoms with E-state index in [1.165, 1.54) is 17.3 Å². The molecule has 0 aliphatic carbocycles. The first-order valence-corrected chi connectivity index (χ1v) is 16.3. The minimum Gasteiger partial charge on any atom is -0.457 e. The van der Waals surface area contributed by atoms with Gasteiger partial charge >= 0.3 is 5.97 Å². The van der Waals surface area contributed by atoms with Crippen LogP contribution in [0.1, 0.15) is 73.1 Å². The van der Waals surface area contributed by atoms with Gasteiger partial charge in [-0.25, -0.2) is 0 Å². The molecule has 0 saturated heterocycles. The third-order valence-corrected chi connectivity index (χ3v) is 10.3. The fourth-order valence-electron chi connectivity index (χ4n) is 5.41. The number of Topliss-reactive ketones (excluding diaryl/α,β-unsaturated/α-hetero) is 1. The van der Waals surface area contributed by atoms with E-state index in [2.05, 4.69) is 16.1 Å². The lowest BCUT2D eigenvalue weighted by Gasteiger charge is -2.34. The van der Waals surface area contributed by atoms with E-state index in [0.29, 0.717) is 11.5 Å². The summed E-state index contributed by atoms with van der Waals surface area (Å²) in [5.41, 5.74) is 0.860. The number of ether oxygens (including phenoxy) is 1. The Morgan fingerprint density at radius 2 is 1.95 bits per heavy atom. The number of hydrogen-bond donors (Lipinski definition) is 3. The summed E-state index contributed by atoms with van der Waals surface area (Å²) in [4.78, 5) is 35.6.